The summed E-state index contributed by atoms with van der Waals surface area (Å²) >= 11 is 0. The Morgan fingerprint density at radius 2 is 1.20 bits per heavy atom. The van der Waals surface area contributed by atoms with Crippen LogP contribution in [0.25, 0.3) is 0 Å². The third-order valence-electron chi connectivity index (χ3n) is 4.53. The molecule has 2 aromatic rings. The first-order valence-corrected chi connectivity index (χ1v) is 8.51. The van der Waals surface area contributed by atoms with E-state index in [1.54, 1.807) is 24.8 Å². The van der Waals surface area contributed by atoms with E-state index < -0.39 is 0 Å². The minimum atomic E-state index is 0.146. The minimum Gasteiger partial charge on any atom is -0.413 e. The van der Waals surface area contributed by atoms with Crippen LogP contribution in [0.1, 0.15) is 12.8 Å². The van der Waals surface area contributed by atoms with Crippen LogP contribution in [-0.2, 0) is 0 Å². The van der Waals surface area contributed by atoms with Crippen LogP contribution < -0.4 is 26.0 Å². The van der Waals surface area contributed by atoms with Crippen LogP contribution in [0, 0.1) is 0 Å². The van der Waals surface area contributed by atoms with Crippen LogP contribution in [0.4, 0.5) is 11.6 Å². The van der Waals surface area contributed by atoms with Crippen LogP contribution in [0.5, 0.6) is 11.8 Å². The van der Waals surface area contributed by atoms with E-state index in [0.717, 1.165) is 39.0 Å². The maximum absolute atomic E-state index is 6.02. The van der Waals surface area contributed by atoms with Gasteiger partial charge in [-0.3, -0.25) is 0 Å². The Labute approximate surface area is 146 Å². The van der Waals surface area contributed by atoms with E-state index in [2.05, 4.69) is 29.7 Å². The van der Waals surface area contributed by atoms with Gasteiger partial charge in [-0.15, -0.1) is 0 Å². The molecule has 2 saturated heterocycles. The number of ether oxygens (including phenoxy) is 1. The monoisotopic (exact) mass is 342 g/mol. The van der Waals surface area contributed by atoms with Gasteiger partial charge >= 0.3 is 0 Å². The van der Waals surface area contributed by atoms with Gasteiger partial charge in [-0.1, -0.05) is 0 Å². The maximum Gasteiger partial charge on any atom is 0.264 e. The van der Waals surface area contributed by atoms with Gasteiger partial charge in [0.1, 0.15) is 0 Å². The van der Waals surface area contributed by atoms with Crippen LogP contribution in [0.15, 0.2) is 24.8 Å². The molecule has 0 saturated carbocycles. The molecule has 0 aliphatic carbocycles. The summed E-state index contributed by atoms with van der Waals surface area (Å²) in [5, 5.41) is 0. The largest absolute Gasteiger partial charge is 0.413 e. The molecule has 0 bridgehead atoms. The van der Waals surface area contributed by atoms with Crippen LogP contribution >= 0.6 is 0 Å². The summed E-state index contributed by atoms with van der Waals surface area (Å²) in [4.78, 5) is 21.7. The summed E-state index contributed by atoms with van der Waals surface area (Å²) in [5.74, 6) is 2.21. The highest BCUT2D eigenvalue weighted by atomic mass is 16.5. The zero-order chi connectivity index (χ0) is 17.2. The molecule has 4 heterocycles. The Kier molecular flexibility index (Phi) is 4.33. The van der Waals surface area contributed by atoms with Gasteiger partial charge in [-0.05, 0) is 12.8 Å². The summed E-state index contributed by atoms with van der Waals surface area (Å²) < 4.78 is 6.02. The molecule has 2 aromatic heterocycles. The van der Waals surface area contributed by atoms with Crippen molar-refractivity contribution >= 4 is 11.6 Å². The van der Waals surface area contributed by atoms with E-state index in [1.807, 2.05) is 0 Å². The van der Waals surface area contributed by atoms with Crippen molar-refractivity contribution in [1.29, 1.82) is 0 Å². The van der Waals surface area contributed by atoms with E-state index in [0.29, 0.717) is 23.4 Å². The number of hydrogen-bond acceptors (Lipinski definition) is 9. The van der Waals surface area contributed by atoms with Crippen molar-refractivity contribution in [2.75, 3.05) is 36.0 Å². The zero-order valence-corrected chi connectivity index (χ0v) is 14.0. The number of hydrogen-bond donors (Lipinski definition) is 2. The van der Waals surface area contributed by atoms with Crippen molar-refractivity contribution in [2.24, 2.45) is 11.5 Å². The Bertz CT molecular complexity index is 680. The highest BCUT2D eigenvalue weighted by molar-refractivity contribution is 5.54. The topological polar surface area (TPSA) is 119 Å². The van der Waals surface area contributed by atoms with E-state index in [4.69, 9.17) is 16.2 Å². The van der Waals surface area contributed by atoms with Crippen LogP contribution in [0.2, 0.25) is 0 Å². The molecule has 4 N–H and O–H groups in total. The van der Waals surface area contributed by atoms with Gasteiger partial charge in [0.15, 0.2) is 11.6 Å². The predicted molar refractivity (Wildman–Crippen MR) is 93.7 cm³/mol. The van der Waals surface area contributed by atoms with Gasteiger partial charge in [0.05, 0.1) is 0 Å². The summed E-state index contributed by atoms with van der Waals surface area (Å²) in [5.41, 5.74) is 12.0. The molecule has 0 aromatic carbocycles. The Hall–Kier alpha value is -2.52. The molecule has 0 radical (unpaired) electrons. The Morgan fingerprint density at radius 3 is 1.60 bits per heavy atom. The number of nitrogens with two attached hydrogens (primary N) is 2. The SMILES string of the molecule is NC1CCN(c2nccnc2Oc2nccnc2N2CCC(N)C2)C1. The molecule has 2 unspecified atom stereocenters. The summed E-state index contributed by atoms with van der Waals surface area (Å²) in [7, 11) is 0. The minimum absolute atomic E-state index is 0.146. The molecular formula is C16H22N8O. The molecule has 2 atom stereocenters. The lowest BCUT2D eigenvalue weighted by molar-refractivity contribution is 0.439. The van der Waals surface area contributed by atoms with Gasteiger partial charge in [-0.25, -0.2) is 19.9 Å². The molecule has 9 heteroatoms. The molecule has 4 rings (SSSR count). The van der Waals surface area contributed by atoms with Gasteiger partial charge in [0, 0.05) is 63.1 Å². The quantitative estimate of drug-likeness (QED) is 0.799. The van der Waals surface area contributed by atoms with Crippen molar-refractivity contribution < 1.29 is 4.74 Å². The van der Waals surface area contributed by atoms with Crippen molar-refractivity contribution in [3.05, 3.63) is 24.8 Å². The molecule has 2 fully saturated rings. The van der Waals surface area contributed by atoms with Crippen molar-refractivity contribution in [2.45, 2.75) is 24.9 Å². The van der Waals surface area contributed by atoms with Crippen molar-refractivity contribution in [1.82, 2.24) is 19.9 Å². The van der Waals surface area contributed by atoms with E-state index in [9.17, 15) is 0 Å². The molecule has 2 aliphatic heterocycles. The first-order chi connectivity index (χ1) is 12.2. The molecule has 132 valence electrons. The molecule has 2 aliphatic rings. The highest BCUT2D eigenvalue weighted by Crippen LogP contribution is 2.33. The number of anilines is 2. The van der Waals surface area contributed by atoms with Crippen molar-refractivity contribution in [3.8, 4) is 11.8 Å². The fraction of sp³-hybridized carbons (Fsp3) is 0.500. The fourth-order valence-corrected chi connectivity index (χ4v) is 3.26. The summed E-state index contributed by atoms with van der Waals surface area (Å²) in [6, 6.07) is 0.293. The summed E-state index contributed by atoms with van der Waals surface area (Å²) in [6.07, 6.45) is 8.38. The lowest BCUT2D eigenvalue weighted by atomic mass is 10.3. The number of rotatable bonds is 4. The Balaban J connectivity index is 1.61. The zero-order valence-electron chi connectivity index (χ0n) is 14.0. The third kappa shape index (κ3) is 3.33. The third-order valence-corrected chi connectivity index (χ3v) is 4.53. The predicted octanol–water partition coefficient (Wildman–Crippen LogP) is 0.134. The standard InChI is InChI=1S/C16H22N8O/c17-11-1-7-23(9-11)13-15(21-5-3-19-13)25-16-14(20-4-6-22-16)24-8-2-12(18)10-24/h3-6,11-12H,1-2,7-10,17-18H2. The highest BCUT2D eigenvalue weighted by Gasteiger charge is 2.27. The van der Waals surface area contributed by atoms with Crippen LogP contribution in [-0.4, -0.2) is 58.2 Å². The second-order valence-corrected chi connectivity index (χ2v) is 6.46. The van der Waals surface area contributed by atoms with Gasteiger partial charge in [-0.2, -0.15) is 0 Å². The molecular weight excluding hydrogens is 320 g/mol. The lowest BCUT2D eigenvalue weighted by Crippen LogP contribution is -2.28. The molecule has 0 spiro atoms. The number of nitrogens with zero attached hydrogens (tertiary/aromatic N) is 6. The van der Waals surface area contributed by atoms with Gasteiger partial charge in [0.25, 0.3) is 11.8 Å². The lowest BCUT2D eigenvalue weighted by Gasteiger charge is -2.21. The average Bonchev–Trinajstić information content (AvgIpc) is 3.24. The molecule has 0 amide bonds. The first kappa shape index (κ1) is 16.0. The summed E-state index contributed by atoms with van der Waals surface area (Å²) in [6.45, 7) is 3.15. The van der Waals surface area contributed by atoms with E-state index >= 15 is 0 Å². The Morgan fingerprint density at radius 1 is 0.760 bits per heavy atom. The van der Waals surface area contributed by atoms with E-state index in [-0.39, 0.29) is 12.1 Å². The maximum atomic E-state index is 6.02. The first-order valence-electron chi connectivity index (χ1n) is 8.51. The van der Waals surface area contributed by atoms with Gasteiger partial charge < -0.3 is 26.0 Å². The second-order valence-electron chi connectivity index (χ2n) is 6.46. The van der Waals surface area contributed by atoms with E-state index in [1.165, 1.54) is 0 Å². The smallest absolute Gasteiger partial charge is 0.264 e. The van der Waals surface area contributed by atoms with Crippen LogP contribution in [0.3, 0.4) is 0 Å². The average molecular weight is 342 g/mol. The molecule has 25 heavy (non-hydrogen) atoms. The second kappa shape index (κ2) is 6.77. The number of aromatic nitrogens is 4. The fourth-order valence-electron chi connectivity index (χ4n) is 3.26. The normalized spacial score (nSPS) is 23.3. The van der Waals surface area contributed by atoms with Crippen molar-refractivity contribution in [3.63, 3.8) is 0 Å². The molecule has 9 nitrogen and oxygen atoms in total. The van der Waals surface area contributed by atoms with Gasteiger partial charge in [0.2, 0.25) is 0 Å².